The third-order valence-corrected chi connectivity index (χ3v) is 3.91. The first kappa shape index (κ1) is 17.3. The maximum absolute atomic E-state index is 12.3. The average molecular weight is 354 g/mol. The lowest BCUT2D eigenvalue weighted by atomic mass is 9.94. The monoisotopic (exact) mass is 354 g/mol. The van der Waals surface area contributed by atoms with Gasteiger partial charge in [-0.2, -0.15) is 15.0 Å². The molecule has 0 saturated carbocycles. The highest BCUT2D eigenvalue weighted by Gasteiger charge is 2.28. The summed E-state index contributed by atoms with van der Waals surface area (Å²) in [6.45, 7) is 1.27. The Hall–Kier alpha value is -3.49. The molecular weight excluding hydrogens is 336 g/mol. The zero-order valence-corrected chi connectivity index (χ0v) is 14.1. The number of esters is 1. The van der Waals surface area contributed by atoms with Gasteiger partial charge in [0.15, 0.2) is 12.4 Å². The van der Waals surface area contributed by atoms with Crippen molar-refractivity contribution in [1.29, 1.82) is 0 Å². The van der Waals surface area contributed by atoms with Crippen molar-refractivity contribution in [3.63, 3.8) is 0 Å². The van der Waals surface area contributed by atoms with E-state index in [0.717, 1.165) is 11.1 Å². The fourth-order valence-electron chi connectivity index (χ4n) is 2.80. The lowest BCUT2D eigenvalue weighted by Gasteiger charge is -2.32. The summed E-state index contributed by atoms with van der Waals surface area (Å²) in [5.74, 6) is -0.582. The largest absolute Gasteiger partial charge is 0.457 e. The van der Waals surface area contributed by atoms with Crippen molar-refractivity contribution >= 4 is 29.8 Å². The van der Waals surface area contributed by atoms with E-state index in [4.69, 9.17) is 16.2 Å². The van der Waals surface area contributed by atoms with Gasteiger partial charge in [-0.05, 0) is 17.2 Å². The van der Waals surface area contributed by atoms with E-state index in [0.29, 0.717) is 0 Å². The van der Waals surface area contributed by atoms with Crippen molar-refractivity contribution in [3.05, 3.63) is 47.4 Å². The first-order valence-electron chi connectivity index (χ1n) is 7.91. The number of anilines is 2. The molecule has 0 radical (unpaired) electrons. The van der Waals surface area contributed by atoms with E-state index >= 15 is 0 Å². The van der Waals surface area contributed by atoms with Crippen LogP contribution < -0.4 is 11.5 Å². The molecule has 0 aliphatic carbocycles. The van der Waals surface area contributed by atoms with Crippen LogP contribution in [0.25, 0.3) is 6.08 Å². The van der Waals surface area contributed by atoms with Crippen LogP contribution in [-0.4, -0.2) is 31.7 Å². The first-order valence-corrected chi connectivity index (χ1v) is 7.91. The molecule has 0 fully saturated rings. The summed E-state index contributed by atoms with van der Waals surface area (Å²) in [4.78, 5) is 37.1. The molecule has 1 atom stereocenters. The second-order valence-corrected chi connectivity index (χ2v) is 5.72. The Balaban J connectivity index is 1.72. The summed E-state index contributed by atoms with van der Waals surface area (Å²) in [5.41, 5.74) is 12.8. The molecule has 2 aromatic rings. The number of amides is 1. The quantitative estimate of drug-likeness (QED) is 0.777. The lowest BCUT2D eigenvalue weighted by molar-refractivity contribution is -0.147. The summed E-state index contributed by atoms with van der Waals surface area (Å²) in [7, 11) is 0. The standard InChI is InChI=1S/C17H18N6O3/c1-10(24)23-7-6-11-4-2-3-5-12(11)13(23)8-15(25)26-9-14-20-16(18)22-17(19)21-14/h2-7,13H,8-9H2,1H3,(H4,18,19,20,21,22)/t13-/m0/s1. The molecule has 0 bridgehead atoms. The van der Waals surface area contributed by atoms with Crippen LogP contribution in [0.2, 0.25) is 0 Å². The molecule has 2 heterocycles. The van der Waals surface area contributed by atoms with Crippen molar-refractivity contribution in [3.8, 4) is 0 Å². The second-order valence-electron chi connectivity index (χ2n) is 5.72. The summed E-state index contributed by atoms with van der Waals surface area (Å²) >= 11 is 0. The van der Waals surface area contributed by atoms with Gasteiger partial charge in [-0.3, -0.25) is 9.59 Å². The molecular formula is C17H18N6O3. The number of aromatic nitrogens is 3. The minimum atomic E-state index is -0.496. The fraction of sp³-hybridized carbons (Fsp3) is 0.235. The summed E-state index contributed by atoms with van der Waals surface area (Å²) in [5, 5.41) is 0. The lowest BCUT2D eigenvalue weighted by Crippen LogP contribution is -2.32. The Morgan fingerprint density at radius 2 is 1.85 bits per heavy atom. The van der Waals surface area contributed by atoms with Crippen molar-refractivity contribution in [1.82, 2.24) is 19.9 Å². The number of hydrogen-bond acceptors (Lipinski definition) is 8. The molecule has 1 aromatic heterocycles. The molecule has 0 spiro atoms. The van der Waals surface area contributed by atoms with Gasteiger partial charge in [-0.1, -0.05) is 24.3 Å². The highest BCUT2D eigenvalue weighted by molar-refractivity contribution is 5.80. The van der Waals surface area contributed by atoms with Crippen LogP contribution in [0.15, 0.2) is 30.5 Å². The van der Waals surface area contributed by atoms with Crippen molar-refractivity contribution in [2.24, 2.45) is 0 Å². The molecule has 9 heteroatoms. The molecule has 0 saturated heterocycles. The Morgan fingerprint density at radius 3 is 2.54 bits per heavy atom. The molecule has 9 nitrogen and oxygen atoms in total. The summed E-state index contributed by atoms with van der Waals surface area (Å²) in [6, 6.07) is 7.15. The van der Waals surface area contributed by atoms with Crippen molar-refractivity contribution in [2.45, 2.75) is 26.0 Å². The van der Waals surface area contributed by atoms with Gasteiger partial charge in [-0.15, -0.1) is 0 Å². The normalized spacial score (nSPS) is 15.4. The highest BCUT2D eigenvalue weighted by atomic mass is 16.5. The van der Waals surface area contributed by atoms with Crippen LogP contribution >= 0.6 is 0 Å². The van der Waals surface area contributed by atoms with E-state index in [1.807, 2.05) is 30.3 Å². The van der Waals surface area contributed by atoms with Gasteiger partial charge in [-0.25, -0.2) is 0 Å². The number of fused-ring (bicyclic) bond motifs is 1. The Bertz CT molecular complexity index is 862. The number of nitrogens with zero attached hydrogens (tertiary/aromatic N) is 4. The van der Waals surface area contributed by atoms with Crippen molar-refractivity contribution < 1.29 is 14.3 Å². The van der Waals surface area contributed by atoms with E-state index in [1.54, 1.807) is 6.20 Å². The number of rotatable bonds is 4. The van der Waals surface area contributed by atoms with Crippen LogP contribution in [0, 0.1) is 0 Å². The number of nitrogens with two attached hydrogens (primary N) is 2. The predicted molar refractivity (Wildman–Crippen MR) is 93.8 cm³/mol. The Labute approximate surface area is 149 Å². The van der Waals surface area contributed by atoms with E-state index in [1.165, 1.54) is 11.8 Å². The van der Waals surface area contributed by atoms with Crippen LogP contribution in [-0.2, 0) is 20.9 Å². The number of benzene rings is 1. The fourth-order valence-corrected chi connectivity index (χ4v) is 2.80. The zero-order valence-electron chi connectivity index (χ0n) is 14.1. The summed E-state index contributed by atoms with van der Waals surface area (Å²) < 4.78 is 5.22. The molecule has 4 N–H and O–H groups in total. The smallest absolute Gasteiger partial charge is 0.308 e. The summed E-state index contributed by atoms with van der Waals surface area (Å²) in [6.07, 6.45) is 3.52. The number of hydrogen-bond donors (Lipinski definition) is 2. The second kappa shape index (κ2) is 7.18. The van der Waals surface area contributed by atoms with E-state index in [2.05, 4.69) is 15.0 Å². The molecule has 3 rings (SSSR count). The van der Waals surface area contributed by atoms with E-state index in [9.17, 15) is 9.59 Å². The van der Waals surface area contributed by atoms with E-state index in [-0.39, 0.29) is 36.7 Å². The minimum Gasteiger partial charge on any atom is -0.457 e. The van der Waals surface area contributed by atoms with Gasteiger partial charge in [0.1, 0.15) is 0 Å². The van der Waals surface area contributed by atoms with Gasteiger partial charge in [0.2, 0.25) is 17.8 Å². The van der Waals surface area contributed by atoms with Crippen molar-refractivity contribution in [2.75, 3.05) is 11.5 Å². The van der Waals surface area contributed by atoms with Crippen LogP contribution in [0.4, 0.5) is 11.9 Å². The first-order chi connectivity index (χ1) is 12.4. The van der Waals surface area contributed by atoms with Crippen LogP contribution in [0.3, 0.4) is 0 Å². The molecule has 1 aliphatic rings. The molecule has 1 amide bonds. The average Bonchev–Trinajstić information content (AvgIpc) is 2.59. The number of ether oxygens (including phenoxy) is 1. The van der Waals surface area contributed by atoms with E-state index < -0.39 is 12.0 Å². The molecule has 1 aromatic carbocycles. The van der Waals surface area contributed by atoms with Gasteiger partial charge in [0, 0.05) is 13.1 Å². The SMILES string of the molecule is CC(=O)N1C=Cc2ccccc2[C@@H]1CC(=O)OCc1nc(N)nc(N)n1. The molecule has 0 unspecified atom stereocenters. The maximum atomic E-state index is 12.3. The highest BCUT2D eigenvalue weighted by Crippen LogP contribution is 2.33. The van der Waals surface area contributed by atoms with Crippen LogP contribution in [0.5, 0.6) is 0 Å². The van der Waals surface area contributed by atoms with Gasteiger partial charge >= 0.3 is 5.97 Å². The molecule has 1 aliphatic heterocycles. The Morgan fingerprint density at radius 1 is 1.15 bits per heavy atom. The van der Waals surface area contributed by atoms with Gasteiger partial charge in [0.05, 0.1) is 12.5 Å². The number of carbonyl (C=O) groups excluding carboxylic acids is 2. The van der Waals surface area contributed by atoms with Gasteiger partial charge < -0.3 is 21.1 Å². The topological polar surface area (TPSA) is 137 Å². The maximum Gasteiger partial charge on any atom is 0.308 e. The molecule has 134 valence electrons. The Kier molecular flexibility index (Phi) is 4.78. The molecule has 26 heavy (non-hydrogen) atoms. The minimum absolute atomic E-state index is 0.00299. The predicted octanol–water partition coefficient (Wildman–Crippen LogP) is 1.04. The third-order valence-electron chi connectivity index (χ3n) is 3.91. The third kappa shape index (κ3) is 3.77. The van der Waals surface area contributed by atoms with Crippen LogP contribution in [0.1, 0.15) is 36.3 Å². The number of nitrogen functional groups attached to an aromatic ring is 2. The zero-order chi connectivity index (χ0) is 18.7. The number of carbonyl (C=O) groups is 2. The van der Waals surface area contributed by atoms with Gasteiger partial charge in [0.25, 0.3) is 0 Å².